The first kappa shape index (κ1) is 20.7. The van der Waals surface area contributed by atoms with Crippen LogP contribution in [-0.2, 0) is 14.0 Å². The molecule has 0 aromatic carbocycles. The topological polar surface area (TPSA) is 35.5 Å². The zero-order valence-electron chi connectivity index (χ0n) is 16.4. The molecule has 0 saturated carbocycles. The van der Waals surface area contributed by atoms with Crippen LogP contribution in [0.2, 0.25) is 18.1 Å². The van der Waals surface area contributed by atoms with Crippen LogP contribution in [0.4, 0.5) is 0 Å². The highest BCUT2D eigenvalue weighted by molar-refractivity contribution is 6.74. The lowest BCUT2D eigenvalue weighted by Gasteiger charge is -2.45. The summed E-state index contributed by atoms with van der Waals surface area (Å²) < 4.78 is 12.2. The SMILES string of the molecule is CCCCCCC1C(=O)OC1C(CCC)O[Si](C)(C)C(C)(C)C. The van der Waals surface area contributed by atoms with Gasteiger partial charge in [-0.1, -0.05) is 66.7 Å². The van der Waals surface area contributed by atoms with Crippen molar-refractivity contribution in [2.75, 3.05) is 0 Å². The molecule has 3 nitrogen and oxygen atoms in total. The Kier molecular flexibility index (Phi) is 7.79. The van der Waals surface area contributed by atoms with E-state index in [2.05, 4.69) is 47.7 Å². The fraction of sp³-hybridized carbons (Fsp3) is 0.947. The molecule has 1 saturated heterocycles. The molecule has 1 rings (SSSR count). The second-order valence-electron chi connectivity index (χ2n) is 8.56. The summed E-state index contributed by atoms with van der Waals surface area (Å²) in [7, 11) is -1.84. The van der Waals surface area contributed by atoms with Gasteiger partial charge in [-0.25, -0.2) is 0 Å². The van der Waals surface area contributed by atoms with Crippen LogP contribution in [0.3, 0.4) is 0 Å². The van der Waals surface area contributed by atoms with E-state index in [0.29, 0.717) is 0 Å². The predicted molar refractivity (Wildman–Crippen MR) is 99.1 cm³/mol. The first-order valence-electron chi connectivity index (χ1n) is 9.52. The Labute approximate surface area is 144 Å². The van der Waals surface area contributed by atoms with Gasteiger partial charge >= 0.3 is 5.97 Å². The maximum absolute atomic E-state index is 11.9. The molecule has 1 fully saturated rings. The first-order chi connectivity index (χ1) is 10.6. The van der Waals surface area contributed by atoms with Crippen molar-refractivity contribution in [3.8, 4) is 0 Å². The highest BCUT2D eigenvalue weighted by Gasteiger charge is 2.49. The molecule has 0 amide bonds. The summed E-state index contributed by atoms with van der Waals surface area (Å²) in [6.07, 6.45) is 7.90. The maximum Gasteiger partial charge on any atom is 0.313 e. The Morgan fingerprint density at radius 3 is 2.26 bits per heavy atom. The monoisotopic (exact) mass is 342 g/mol. The maximum atomic E-state index is 11.9. The summed E-state index contributed by atoms with van der Waals surface area (Å²) in [5.41, 5.74) is 0. The zero-order chi connectivity index (χ0) is 17.7. The van der Waals surface area contributed by atoms with Gasteiger partial charge in [0.25, 0.3) is 0 Å². The van der Waals surface area contributed by atoms with Crippen LogP contribution in [-0.4, -0.2) is 26.5 Å². The molecular weight excluding hydrogens is 304 g/mol. The smallest absolute Gasteiger partial charge is 0.313 e. The Balaban J connectivity index is 2.67. The average molecular weight is 343 g/mol. The number of esters is 1. The molecule has 23 heavy (non-hydrogen) atoms. The van der Waals surface area contributed by atoms with Crippen molar-refractivity contribution in [3.63, 3.8) is 0 Å². The van der Waals surface area contributed by atoms with Crippen molar-refractivity contribution in [1.29, 1.82) is 0 Å². The van der Waals surface area contributed by atoms with Crippen LogP contribution in [0, 0.1) is 5.92 Å². The lowest BCUT2D eigenvalue weighted by atomic mass is 9.86. The molecule has 0 aromatic rings. The highest BCUT2D eigenvalue weighted by atomic mass is 28.4. The van der Waals surface area contributed by atoms with Crippen molar-refractivity contribution in [3.05, 3.63) is 0 Å². The minimum atomic E-state index is -1.84. The first-order valence-corrected chi connectivity index (χ1v) is 12.4. The number of cyclic esters (lactones) is 1. The average Bonchev–Trinajstić information content (AvgIpc) is 2.42. The molecule has 3 atom stereocenters. The normalized spacial score (nSPS) is 23.3. The van der Waals surface area contributed by atoms with Crippen LogP contribution < -0.4 is 0 Å². The van der Waals surface area contributed by atoms with E-state index in [1.54, 1.807) is 0 Å². The molecule has 136 valence electrons. The van der Waals surface area contributed by atoms with Crippen LogP contribution in [0.1, 0.15) is 79.6 Å². The molecule has 0 aliphatic carbocycles. The van der Waals surface area contributed by atoms with Crippen molar-refractivity contribution >= 4 is 14.3 Å². The van der Waals surface area contributed by atoms with E-state index in [-0.39, 0.29) is 29.1 Å². The zero-order valence-corrected chi connectivity index (χ0v) is 17.4. The van der Waals surface area contributed by atoms with Gasteiger partial charge in [0.15, 0.2) is 8.32 Å². The summed E-state index contributed by atoms with van der Waals surface area (Å²) in [4.78, 5) is 11.9. The molecule has 1 aliphatic rings. The van der Waals surface area contributed by atoms with Gasteiger partial charge < -0.3 is 9.16 Å². The quantitative estimate of drug-likeness (QED) is 0.291. The molecule has 3 unspecified atom stereocenters. The third kappa shape index (κ3) is 5.59. The van der Waals surface area contributed by atoms with E-state index in [0.717, 1.165) is 25.7 Å². The van der Waals surface area contributed by atoms with Gasteiger partial charge in [0.05, 0.1) is 12.0 Å². The standard InChI is InChI=1S/C19H38O3Si/c1-8-10-11-12-14-15-17(21-18(15)20)16(13-9-2)22-23(6,7)19(3,4)5/h15-17H,8-14H2,1-7H3. The summed E-state index contributed by atoms with van der Waals surface area (Å²) in [6, 6.07) is 0. The summed E-state index contributed by atoms with van der Waals surface area (Å²) in [6.45, 7) is 15.7. The van der Waals surface area contributed by atoms with E-state index < -0.39 is 8.32 Å². The minimum absolute atomic E-state index is 0.00793. The lowest BCUT2D eigenvalue weighted by Crippen LogP contribution is -2.56. The summed E-state index contributed by atoms with van der Waals surface area (Å²) in [5.74, 6) is 0.0552. The van der Waals surface area contributed by atoms with E-state index in [1.807, 2.05) is 0 Å². The molecule has 0 aromatic heterocycles. The highest BCUT2D eigenvalue weighted by Crippen LogP contribution is 2.41. The van der Waals surface area contributed by atoms with Gasteiger partial charge in [-0.15, -0.1) is 0 Å². The second-order valence-corrected chi connectivity index (χ2v) is 13.3. The van der Waals surface area contributed by atoms with Crippen LogP contribution in [0.5, 0.6) is 0 Å². The predicted octanol–water partition coefficient (Wildman–Crippen LogP) is 5.69. The number of hydrogen-bond donors (Lipinski definition) is 0. The van der Waals surface area contributed by atoms with E-state index in [4.69, 9.17) is 9.16 Å². The van der Waals surface area contributed by atoms with E-state index >= 15 is 0 Å². The third-order valence-electron chi connectivity index (χ3n) is 5.51. The molecular formula is C19H38O3Si. The van der Waals surface area contributed by atoms with Crippen molar-refractivity contribution in [2.24, 2.45) is 5.92 Å². The van der Waals surface area contributed by atoms with Gasteiger partial charge in [0, 0.05) is 0 Å². The van der Waals surface area contributed by atoms with Crippen LogP contribution >= 0.6 is 0 Å². The van der Waals surface area contributed by atoms with Crippen molar-refractivity contribution < 1.29 is 14.0 Å². The molecule has 0 bridgehead atoms. The summed E-state index contributed by atoms with van der Waals surface area (Å²) >= 11 is 0. The van der Waals surface area contributed by atoms with E-state index in [9.17, 15) is 4.79 Å². The molecule has 1 aliphatic heterocycles. The number of carbonyl (C=O) groups is 1. The largest absolute Gasteiger partial charge is 0.458 e. The number of carbonyl (C=O) groups excluding carboxylic acids is 1. The van der Waals surface area contributed by atoms with Gasteiger partial charge in [-0.3, -0.25) is 4.79 Å². The Bertz CT molecular complexity index is 373. The van der Waals surface area contributed by atoms with Crippen molar-refractivity contribution in [2.45, 2.75) is 110 Å². The van der Waals surface area contributed by atoms with Crippen LogP contribution in [0.15, 0.2) is 0 Å². The van der Waals surface area contributed by atoms with Crippen molar-refractivity contribution in [1.82, 2.24) is 0 Å². The molecule has 0 spiro atoms. The second kappa shape index (κ2) is 8.66. The molecule has 0 N–H and O–H groups in total. The van der Waals surface area contributed by atoms with E-state index in [1.165, 1.54) is 19.3 Å². The van der Waals surface area contributed by atoms with Gasteiger partial charge in [0.1, 0.15) is 6.10 Å². The third-order valence-corrected chi connectivity index (χ3v) is 10.0. The number of unbranched alkanes of at least 4 members (excludes halogenated alkanes) is 3. The van der Waals surface area contributed by atoms with Gasteiger partial charge in [0.2, 0.25) is 0 Å². The van der Waals surface area contributed by atoms with Crippen LogP contribution in [0.25, 0.3) is 0 Å². The Morgan fingerprint density at radius 2 is 1.78 bits per heavy atom. The number of ether oxygens (including phenoxy) is 1. The van der Waals surface area contributed by atoms with Gasteiger partial charge in [-0.2, -0.15) is 0 Å². The molecule has 0 radical (unpaired) electrons. The molecule has 1 heterocycles. The fourth-order valence-corrected chi connectivity index (χ4v) is 4.27. The Hall–Kier alpha value is -0.353. The number of hydrogen-bond acceptors (Lipinski definition) is 3. The molecule has 4 heteroatoms. The minimum Gasteiger partial charge on any atom is -0.458 e. The lowest BCUT2D eigenvalue weighted by molar-refractivity contribution is -0.198. The van der Waals surface area contributed by atoms with Gasteiger partial charge in [-0.05, 0) is 31.0 Å². The fourth-order valence-electron chi connectivity index (χ4n) is 2.90. The number of rotatable bonds is 10. The summed E-state index contributed by atoms with van der Waals surface area (Å²) in [5, 5.41) is 0.184. The Morgan fingerprint density at radius 1 is 1.13 bits per heavy atom.